The molecule has 2 aromatic carbocycles. The van der Waals surface area contributed by atoms with E-state index in [1.165, 1.54) is 0 Å². The minimum atomic E-state index is -0.574. The number of nitrogens with one attached hydrogen (secondary N) is 4. The van der Waals surface area contributed by atoms with Crippen molar-refractivity contribution in [2.24, 2.45) is 0 Å². The maximum atomic E-state index is 12.5. The first kappa shape index (κ1) is 20.9. The van der Waals surface area contributed by atoms with Crippen LogP contribution in [0.15, 0.2) is 41.2 Å². The highest BCUT2D eigenvalue weighted by molar-refractivity contribution is 6.42. The van der Waals surface area contributed by atoms with Gasteiger partial charge in [-0.3, -0.25) is 14.5 Å². The first-order valence-corrected chi connectivity index (χ1v) is 9.46. The molecular weight excluding hydrogens is 417 g/mol. The van der Waals surface area contributed by atoms with E-state index in [1.807, 2.05) is 0 Å². The zero-order valence-electron chi connectivity index (χ0n) is 15.7. The van der Waals surface area contributed by atoms with Crippen LogP contribution in [0, 0.1) is 0 Å². The number of halogens is 2. The molecule has 0 aliphatic heterocycles. The Bertz CT molecular complexity index is 1120. The topological polar surface area (TPSA) is 110 Å². The van der Waals surface area contributed by atoms with Crippen LogP contribution in [-0.4, -0.2) is 46.3 Å². The van der Waals surface area contributed by atoms with Gasteiger partial charge in [0.25, 0.3) is 0 Å². The number of imidazole rings is 1. The lowest BCUT2D eigenvalue weighted by atomic mass is 10.2. The van der Waals surface area contributed by atoms with Crippen molar-refractivity contribution < 1.29 is 9.59 Å². The number of H-pyrrole nitrogens is 2. The number of amides is 2. The molecule has 0 radical (unpaired) electrons. The molecule has 2 amide bonds. The molecule has 1 atom stereocenters. The molecule has 0 spiro atoms. The first-order chi connectivity index (χ1) is 13.7. The average Bonchev–Trinajstić information content (AvgIpc) is 3.03. The number of likely N-dealkylation sites (N-methyl/N-ethyl adjacent to an activating group) is 1. The smallest absolute Gasteiger partial charge is 0.323 e. The fourth-order valence-electron chi connectivity index (χ4n) is 2.70. The molecule has 3 aromatic rings. The number of aromatic nitrogens is 2. The van der Waals surface area contributed by atoms with Crippen molar-refractivity contribution in [1.82, 2.24) is 14.9 Å². The number of benzene rings is 2. The van der Waals surface area contributed by atoms with Gasteiger partial charge in [-0.2, -0.15) is 0 Å². The predicted molar refractivity (Wildman–Crippen MR) is 115 cm³/mol. The van der Waals surface area contributed by atoms with Gasteiger partial charge in [-0.25, -0.2) is 4.79 Å². The van der Waals surface area contributed by atoms with Crippen molar-refractivity contribution >= 4 is 57.4 Å². The SMILES string of the molecule is C[C@H](C(=O)Nc1ccc2[nH]c(=O)[nH]c2c1)N(C)CC(=O)Nc1ccc(Cl)c(Cl)c1. The number of hydrogen-bond donors (Lipinski definition) is 4. The van der Waals surface area contributed by atoms with Crippen LogP contribution in [0.25, 0.3) is 11.0 Å². The van der Waals surface area contributed by atoms with Crippen molar-refractivity contribution in [3.05, 3.63) is 56.9 Å². The number of carbonyl (C=O) groups is 2. The van der Waals surface area contributed by atoms with Gasteiger partial charge >= 0.3 is 5.69 Å². The third-order valence-corrected chi connectivity index (χ3v) is 5.16. The van der Waals surface area contributed by atoms with Gasteiger partial charge in [0.15, 0.2) is 0 Å². The molecule has 0 saturated heterocycles. The van der Waals surface area contributed by atoms with Crippen LogP contribution in [0.2, 0.25) is 10.0 Å². The molecule has 0 aliphatic carbocycles. The summed E-state index contributed by atoms with van der Waals surface area (Å²) in [6.45, 7) is 1.69. The van der Waals surface area contributed by atoms with Gasteiger partial charge in [0.1, 0.15) is 0 Å². The summed E-state index contributed by atoms with van der Waals surface area (Å²) in [4.78, 5) is 43.0. The van der Waals surface area contributed by atoms with E-state index in [-0.39, 0.29) is 24.0 Å². The van der Waals surface area contributed by atoms with Crippen LogP contribution in [-0.2, 0) is 9.59 Å². The number of aromatic amines is 2. The van der Waals surface area contributed by atoms with Crippen molar-refractivity contribution in [2.75, 3.05) is 24.2 Å². The summed E-state index contributed by atoms with van der Waals surface area (Å²) in [7, 11) is 1.67. The molecule has 0 fully saturated rings. The molecular formula is C19H19Cl2N5O3. The minimum absolute atomic E-state index is 0.000995. The van der Waals surface area contributed by atoms with Gasteiger partial charge < -0.3 is 20.6 Å². The Hall–Kier alpha value is -2.81. The van der Waals surface area contributed by atoms with Crippen molar-refractivity contribution in [3.8, 4) is 0 Å². The molecule has 0 bridgehead atoms. The van der Waals surface area contributed by atoms with Crippen LogP contribution in [0.4, 0.5) is 11.4 Å². The maximum Gasteiger partial charge on any atom is 0.323 e. The van der Waals surface area contributed by atoms with Crippen molar-refractivity contribution in [3.63, 3.8) is 0 Å². The Balaban J connectivity index is 1.58. The molecule has 0 aliphatic rings. The quantitative estimate of drug-likeness (QED) is 0.476. The van der Waals surface area contributed by atoms with Crippen LogP contribution in [0.1, 0.15) is 6.92 Å². The van der Waals surface area contributed by atoms with Crippen LogP contribution < -0.4 is 16.3 Å². The average molecular weight is 436 g/mol. The van der Waals surface area contributed by atoms with Crippen LogP contribution in [0.5, 0.6) is 0 Å². The number of rotatable bonds is 6. The Morgan fingerprint density at radius 2 is 1.66 bits per heavy atom. The van der Waals surface area contributed by atoms with Gasteiger partial charge in [0.05, 0.1) is 33.7 Å². The minimum Gasteiger partial charge on any atom is -0.325 e. The molecule has 152 valence electrons. The van der Waals surface area contributed by atoms with E-state index in [2.05, 4.69) is 20.6 Å². The van der Waals surface area contributed by atoms with Gasteiger partial charge in [-0.15, -0.1) is 0 Å². The van der Waals surface area contributed by atoms with Gasteiger partial charge in [-0.1, -0.05) is 23.2 Å². The second kappa shape index (κ2) is 8.69. The number of nitrogens with zero attached hydrogens (tertiary/aromatic N) is 1. The number of fused-ring (bicyclic) bond motifs is 1. The summed E-state index contributed by atoms with van der Waals surface area (Å²) >= 11 is 11.8. The molecule has 0 saturated carbocycles. The fraction of sp³-hybridized carbons (Fsp3) is 0.211. The maximum absolute atomic E-state index is 12.5. The third-order valence-electron chi connectivity index (χ3n) is 4.42. The highest BCUT2D eigenvalue weighted by atomic mass is 35.5. The van der Waals surface area contributed by atoms with Crippen molar-refractivity contribution in [1.29, 1.82) is 0 Å². The largest absolute Gasteiger partial charge is 0.325 e. The summed E-state index contributed by atoms with van der Waals surface area (Å²) in [5, 5.41) is 6.23. The monoisotopic (exact) mass is 435 g/mol. The summed E-state index contributed by atoms with van der Waals surface area (Å²) in [6, 6.07) is 9.26. The number of anilines is 2. The Labute approximate surface area is 176 Å². The van der Waals surface area contributed by atoms with Crippen LogP contribution in [0.3, 0.4) is 0 Å². The lowest BCUT2D eigenvalue weighted by Crippen LogP contribution is -2.43. The molecule has 29 heavy (non-hydrogen) atoms. The molecule has 3 rings (SSSR count). The van der Waals surface area contributed by atoms with E-state index >= 15 is 0 Å². The van der Waals surface area contributed by atoms with E-state index in [0.29, 0.717) is 32.5 Å². The van der Waals surface area contributed by atoms with E-state index in [4.69, 9.17) is 23.2 Å². The highest BCUT2D eigenvalue weighted by Crippen LogP contribution is 2.25. The second-order valence-corrected chi connectivity index (χ2v) is 7.41. The van der Waals surface area contributed by atoms with Gasteiger partial charge in [-0.05, 0) is 50.4 Å². The summed E-state index contributed by atoms with van der Waals surface area (Å²) in [6.07, 6.45) is 0. The van der Waals surface area contributed by atoms with Gasteiger partial charge in [0, 0.05) is 11.4 Å². The van der Waals surface area contributed by atoms with Gasteiger partial charge in [0.2, 0.25) is 11.8 Å². The Morgan fingerprint density at radius 1 is 1.00 bits per heavy atom. The highest BCUT2D eigenvalue weighted by Gasteiger charge is 2.20. The summed E-state index contributed by atoms with van der Waals surface area (Å²) in [5.74, 6) is -0.580. The van der Waals surface area contributed by atoms with E-state index < -0.39 is 6.04 Å². The molecule has 1 heterocycles. The number of hydrogen-bond acceptors (Lipinski definition) is 4. The molecule has 10 heteroatoms. The lowest BCUT2D eigenvalue weighted by Gasteiger charge is -2.23. The van der Waals surface area contributed by atoms with E-state index in [9.17, 15) is 14.4 Å². The summed E-state index contributed by atoms with van der Waals surface area (Å²) in [5.41, 5.74) is 1.98. The van der Waals surface area contributed by atoms with E-state index in [0.717, 1.165) is 0 Å². The molecule has 8 nitrogen and oxygen atoms in total. The normalized spacial score (nSPS) is 12.2. The van der Waals surface area contributed by atoms with Crippen molar-refractivity contribution in [2.45, 2.75) is 13.0 Å². The lowest BCUT2D eigenvalue weighted by molar-refractivity contribution is -0.122. The fourth-order valence-corrected chi connectivity index (χ4v) is 2.99. The number of carbonyl (C=O) groups excluding carboxylic acids is 2. The first-order valence-electron chi connectivity index (χ1n) is 8.71. The predicted octanol–water partition coefficient (Wildman–Crippen LogP) is 3.06. The Kier molecular flexibility index (Phi) is 6.26. The molecule has 4 N–H and O–H groups in total. The molecule has 1 aromatic heterocycles. The zero-order valence-corrected chi connectivity index (χ0v) is 17.2. The second-order valence-electron chi connectivity index (χ2n) is 6.60. The summed E-state index contributed by atoms with van der Waals surface area (Å²) < 4.78 is 0. The third kappa shape index (κ3) is 5.17. The molecule has 0 unspecified atom stereocenters. The Morgan fingerprint density at radius 3 is 2.38 bits per heavy atom. The van der Waals surface area contributed by atoms with E-state index in [1.54, 1.807) is 55.3 Å². The zero-order chi connectivity index (χ0) is 21.1. The van der Waals surface area contributed by atoms with Crippen LogP contribution >= 0.6 is 23.2 Å². The standard InChI is InChI=1S/C19H19Cl2N5O3/c1-10(18(28)23-12-4-6-15-16(8-12)25-19(29)24-15)26(2)9-17(27)22-11-3-5-13(20)14(21)7-11/h3-8,10H,9H2,1-2H3,(H,22,27)(H,23,28)(H2,24,25,29)/t10-/m1/s1.